The van der Waals surface area contributed by atoms with Gasteiger partial charge in [-0.2, -0.15) is 0 Å². The van der Waals surface area contributed by atoms with Gasteiger partial charge in [-0.05, 0) is 78.6 Å². The number of anilines is 1. The lowest BCUT2D eigenvalue weighted by atomic mass is 9.95. The minimum absolute atomic E-state index is 0.000766. The second kappa shape index (κ2) is 16.6. The number of amides is 2. The predicted octanol–water partition coefficient (Wildman–Crippen LogP) is 6.62. The number of fused-ring (bicyclic) bond motifs is 4. The van der Waals surface area contributed by atoms with Crippen molar-refractivity contribution in [1.82, 2.24) is 20.6 Å². The Morgan fingerprint density at radius 1 is 1.00 bits per heavy atom. The van der Waals surface area contributed by atoms with Crippen LogP contribution >= 0.6 is 0 Å². The third-order valence-corrected chi connectivity index (χ3v) is 9.54. The number of methoxy groups -OCH3 is 3. The summed E-state index contributed by atoms with van der Waals surface area (Å²) in [7, 11) is 4.72. The molecule has 50 heavy (non-hydrogen) atoms. The molecule has 0 bridgehead atoms. The van der Waals surface area contributed by atoms with Crippen molar-refractivity contribution in [1.29, 1.82) is 0 Å². The van der Waals surface area contributed by atoms with E-state index < -0.39 is 0 Å². The fourth-order valence-corrected chi connectivity index (χ4v) is 6.75. The van der Waals surface area contributed by atoms with Gasteiger partial charge in [0.2, 0.25) is 23.0 Å². The molecule has 1 aliphatic rings. The first-order chi connectivity index (χ1) is 24.2. The normalized spacial score (nSPS) is 14.8. The van der Waals surface area contributed by atoms with Gasteiger partial charge in [0.1, 0.15) is 5.82 Å². The Labute approximate surface area is 293 Å². The van der Waals surface area contributed by atoms with Crippen molar-refractivity contribution in [3.8, 4) is 28.4 Å². The van der Waals surface area contributed by atoms with E-state index >= 15 is 0 Å². The van der Waals surface area contributed by atoms with Crippen LogP contribution in [0.25, 0.3) is 22.2 Å². The fraction of sp³-hybridized carbons (Fsp3) is 0.436. The highest BCUT2D eigenvalue weighted by molar-refractivity contribution is 5.84. The average Bonchev–Trinajstić information content (AvgIpc) is 3.41. The standard InChI is InChI=1S/C39H49N5O6/c1-7-23(2)36(39-42-29-13-10-11-14-30(29)43-39)44-34(47)15-9-8-12-20-40-31-19-17-26-27(22-32(31)46)28(41-24(3)45)18-16-25-21-33(48-4)37(49-5)38(50-6)35(25)26/h10-11,13-14,17,19,21-23,28,36H,7-9,12,15-16,18,20H2,1-6H3,(H,40,46)(H,41,45)(H,42,43)(H,44,47)/t23-,28-,36-/m1/s1. The number of carbonyl (C=O) groups is 2. The zero-order valence-electron chi connectivity index (χ0n) is 29.9. The Hall–Kier alpha value is -5.06. The Kier molecular flexibility index (Phi) is 12.0. The van der Waals surface area contributed by atoms with E-state index in [9.17, 15) is 14.4 Å². The minimum atomic E-state index is -0.373. The second-order valence-corrected chi connectivity index (χ2v) is 12.9. The van der Waals surface area contributed by atoms with Gasteiger partial charge >= 0.3 is 0 Å². The van der Waals surface area contributed by atoms with Gasteiger partial charge in [-0.3, -0.25) is 14.4 Å². The van der Waals surface area contributed by atoms with Crippen molar-refractivity contribution < 1.29 is 23.8 Å². The number of hydrogen-bond acceptors (Lipinski definition) is 8. The van der Waals surface area contributed by atoms with Crippen LogP contribution < -0.4 is 35.6 Å². The zero-order chi connectivity index (χ0) is 35.8. The van der Waals surface area contributed by atoms with Crippen molar-refractivity contribution in [2.75, 3.05) is 33.2 Å². The number of aryl methyl sites for hydroxylation is 1. The number of carbonyl (C=O) groups excluding carboxylic acids is 2. The molecule has 0 radical (unpaired) electrons. The highest BCUT2D eigenvalue weighted by Crippen LogP contribution is 2.50. The van der Waals surface area contributed by atoms with E-state index in [1.54, 1.807) is 33.5 Å². The van der Waals surface area contributed by atoms with Gasteiger partial charge in [0.15, 0.2) is 11.5 Å². The number of aromatic amines is 1. The summed E-state index contributed by atoms with van der Waals surface area (Å²) in [6.45, 7) is 6.29. The lowest BCUT2D eigenvalue weighted by molar-refractivity contribution is -0.122. The van der Waals surface area contributed by atoms with E-state index in [1.165, 1.54) is 6.92 Å². The molecule has 3 aromatic carbocycles. The monoisotopic (exact) mass is 683 g/mol. The summed E-state index contributed by atoms with van der Waals surface area (Å²) < 4.78 is 17.2. The summed E-state index contributed by atoms with van der Waals surface area (Å²) in [6.07, 6.45) is 4.87. The van der Waals surface area contributed by atoms with Gasteiger partial charge in [0.25, 0.3) is 0 Å². The molecule has 5 rings (SSSR count). The fourth-order valence-electron chi connectivity index (χ4n) is 6.75. The molecule has 1 heterocycles. The Morgan fingerprint density at radius 2 is 1.78 bits per heavy atom. The van der Waals surface area contributed by atoms with E-state index in [4.69, 9.17) is 19.2 Å². The first-order valence-electron chi connectivity index (χ1n) is 17.4. The molecule has 11 nitrogen and oxygen atoms in total. The number of ether oxygens (including phenoxy) is 3. The minimum Gasteiger partial charge on any atom is -0.493 e. The molecule has 1 aromatic heterocycles. The molecule has 2 amide bonds. The molecule has 0 unspecified atom stereocenters. The van der Waals surface area contributed by atoms with Crippen molar-refractivity contribution in [3.05, 3.63) is 75.7 Å². The van der Waals surface area contributed by atoms with Crippen molar-refractivity contribution in [3.63, 3.8) is 0 Å². The maximum atomic E-state index is 13.6. The highest BCUT2D eigenvalue weighted by atomic mass is 16.5. The molecule has 11 heteroatoms. The number of para-hydroxylation sites is 2. The number of nitrogens with one attached hydrogen (secondary N) is 4. The first kappa shape index (κ1) is 36.2. The van der Waals surface area contributed by atoms with Gasteiger partial charge in [-0.25, -0.2) is 4.98 Å². The van der Waals surface area contributed by atoms with Crippen molar-refractivity contribution >= 4 is 28.5 Å². The van der Waals surface area contributed by atoms with Crippen LogP contribution in [0.5, 0.6) is 17.2 Å². The predicted molar refractivity (Wildman–Crippen MR) is 196 cm³/mol. The molecule has 266 valence electrons. The quantitative estimate of drug-likeness (QED) is 0.103. The molecule has 3 atom stereocenters. The Morgan fingerprint density at radius 3 is 2.48 bits per heavy atom. The molecule has 0 saturated carbocycles. The molecule has 0 aliphatic heterocycles. The van der Waals surface area contributed by atoms with E-state index in [0.29, 0.717) is 54.3 Å². The third kappa shape index (κ3) is 8.04. The first-order valence-corrected chi connectivity index (χ1v) is 17.4. The lowest BCUT2D eigenvalue weighted by Gasteiger charge is -2.22. The van der Waals surface area contributed by atoms with Gasteiger partial charge in [-0.1, -0.05) is 44.9 Å². The summed E-state index contributed by atoms with van der Waals surface area (Å²) in [5.41, 5.74) is 5.41. The third-order valence-electron chi connectivity index (χ3n) is 9.54. The molecule has 4 aromatic rings. The number of H-pyrrole nitrogens is 1. The SMILES string of the molecule is CC[C@@H](C)[C@@H](NC(=O)CCCCCNc1ccc2c(cc1=O)[C@H](NC(C)=O)CCc1cc(OC)c(OC)c(OC)c1-2)c1nc2ccccc2[nH]1. The number of benzene rings is 2. The van der Waals surface area contributed by atoms with Gasteiger partial charge in [0.05, 0.1) is 50.1 Å². The zero-order valence-corrected chi connectivity index (χ0v) is 29.9. The summed E-state index contributed by atoms with van der Waals surface area (Å²) in [5, 5.41) is 9.56. The second-order valence-electron chi connectivity index (χ2n) is 12.9. The number of nitrogens with zero attached hydrogens (tertiary/aromatic N) is 1. The topological polar surface area (TPSA) is 144 Å². The number of aromatic nitrogens is 2. The van der Waals surface area contributed by atoms with Gasteiger partial charge in [-0.15, -0.1) is 0 Å². The lowest BCUT2D eigenvalue weighted by Crippen LogP contribution is -2.33. The molecule has 1 aliphatic carbocycles. The molecule has 0 saturated heterocycles. The molecular formula is C39H49N5O6. The van der Waals surface area contributed by atoms with E-state index in [1.807, 2.05) is 36.4 Å². The van der Waals surface area contributed by atoms with Crippen molar-refractivity contribution in [2.24, 2.45) is 5.92 Å². The molecule has 0 fully saturated rings. The van der Waals surface area contributed by atoms with Gasteiger partial charge in [0, 0.05) is 25.5 Å². The number of rotatable bonds is 15. The largest absolute Gasteiger partial charge is 0.493 e. The van der Waals surface area contributed by atoms with E-state index in [2.05, 4.69) is 34.8 Å². The maximum Gasteiger partial charge on any atom is 0.220 e. The van der Waals surface area contributed by atoms with Crippen LogP contribution in [0.4, 0.5) is 5.69 Å². The maximum absolute atomic E-state index is 13.6. The Balaban J connectivity index is 1.26. The number of imidazole rings is 1. The number of unbranched alkanes of at least 4 members (excludes halogenated alkanes) is 2. The summed E-state index contributed by atoms with van der Waals surface area (Å²) in [6, 6.07) is 14.6. The van der Waals surface area contributed by atoms with E-state index in [-0.39, 0.29) is 35.2 Å². The van der Waals surface area contributed by atoms with Crippen LogP contribution in [-0.4, -0.2) is 49.7 Å². The molecule has 0 spiro atoms. The van der Waals surface area contributed by atoms with Crippen LogP contribution in [0.15, 0.2) is 53.3 Å². The van der Waals surface area contributed by atoms with Crippen molar-refractivity contribution in [2.45, 2.75) is 77.8 Å². The molecular weight excluding hydrogens is 634 g/mol. The van der Waals surface area contributed by atoms with Crippen LogP contribution in [0.3, 0.4) is 0 Å². The van der Waals surface area contributed by atoms with Crippen LogP contribution in [-0.2, 0) is 16.0 Å². The Bertz CT molecular complexity index is 1860. The summed E-state index contributed by atoms with van der Waals surface area (Å²) >= 11 is 0. The van der Waals surface area contributed by atoms with E-state index in [0.717, 1.165) is 59.2 Å². The summed E-state index contributed by atoms with van der Waals surface area (Å²) in [5.74, 6) is 2.35. The average molecular weight is 684 g/mol. The summed E-state index contributed by atoms with van der Waals surface area (Å²) in [4.78, 5) is 46.9. The van der Waals surface area contributed by atoms with Crippen LogP contribution in [0.1, 0.15) is 88.3 Å². The molecule has 4 N–H and O–H groups in total. The van der Waals surface area contributed by atoms with Crippen LogP contribution in [0, 0.1) is 5.92 Å². The van der Waals surface area contributed by atoms with Crippen LogP contribution in [0.2, 0.25) is 0 Å². The number of hydrogen-bond donors (Lipinski definition) is 4. The smallest absolute Gasteiger partial charge is 0.220 e. The highest BCUT2D eigenvalue weighted by Gasteiger charge is 2.29. The van der Waals surface area contributed by atoms with Gasteiger partial charge < -0.3 is 35.1 Å².